The van der Waals surface area contributed by atoms with Gasteiger partial charge in [0.1, 0.15) is 5.82 Å². The highest BCUT2D eigenvalue weighted by molar-refractivity contribution is 6.31. The number of nitrogens with two attached hydrogens (primary N) is 1. The van der Waals surface area contributed by atoms with Crippen LogP contribution in [0.15, 0.2) is 18.2 Å². The Labute approximate surface area is 101 Å². The molecule has 1 aromatic carbocycles. The Bertz CT molecular complexity index is 326. The highest BCUT2D eigenvalue weighted by Gasteiger charge is 2.20. The minimum absolute atomic E-state index is 0.120. The van der Waals surface area contributed by atoms with Gasteiger partial charge in [-0.15, -0.1) is 0 Å². The van der Waals surface area contributed by atoms with E-state index in [0.29, 0.717) is 17.2 Å². The van der Waals surface area contributed by atoms with Crippen molar-refractivity contribution in [3.63, 3.8) is 0 Å². The first kappa shape index (κ1) is 13.4. The van der Waals surface area contributed by atoms with Gasteiger partial charge in [0.2, 0.25) is 0 Å². The summed E-state index contributed by atoms with van der Waals surface area (Å²) in [5.74, 6) is -0.224. The van der Waals surface area contributed by atoms with E-state index in [0.717, 1.165) is 6.42 Å². The standard InChI is InChI=1S/C12H17ClFNO/c1-8(6-7-16-2)12(15)11-9(13)4-3-5-10(11)14/h3-5,8,12H,6-7,15H2,1-2H3. The second-order valence-electron chi connectivity index (χ2n) is 3.92. The number of methoxy groups -OCH3 is 1. The molecule has 0 heterocycles. The van der Waals surface area contributed by atoms with Crippen molar-refractivity contribution in [2.45, 2.75) is 19.4 Å². The fourth-order valence-electron chi connectivity index (χ4n) is 1.60. The summed E-state index contributed by atoms with van der Waals surface area (Å²) < 4.78 is 18.6. The predicted octanol–water partition coefficient (Wildman–Crippen LogP) is 3.15. The SMILES string of the molecule is COCCC(C)C(N)c1c(F)cccc1Cl. The minimum atomic E-state index is -0.399. The molecule has 90 valence electrons. The van der Waals surface area contributed by atoms with Crippen LogP contribution in [0.1, 0.15) is 24.9 Å². The van der Waals surface area contributed by atoms with Crippen molar-refractivity contribution in [3.05, 3.63) is 34.6 Å². The molecule has 4 heteroatoms. The summed E-state index contributed by atoms with van der Waals surface area (Å²) in [4.78, 5) is 0. The van der Waals surface area contributed by atoms with Gasteiger partial charge in [0, 0.05) is 30.3 Å². The van der Waals surface area contributed by atoms with E-state index in [4.69, 9.17) is 22.1 Å². The summed E-state index contributed by atoms with van der Waals surface area (Å²) in [5.41, 5.74) is 6.40. The summed E-state index contributed by atoms with van der Waals surface area (Å²) in [6.07, 6.45) is 0.780. The highest BCUT2D eigenvalue weighted by Crippen LogP contribution is 2.30. The van der Waals surface area contributed by atoms with Crippen LogP contribution in [0.3, 0.4) is 0 Å². The van der Waals surface area contributed by atoms with Crippen LogP contribution in [0, 0.1) is 11.7 Å². The van der Waals surface area contributed by atoms with E-state index < -0.39 is 6.04 Å². The van der Waals surface area contributed by atoms with Gasteiger partial charge < -0.3 is 10.5 Å². The molecule has 0 saturated heterocycles. The van der Waals surface area contributed by atoms with E-state index in [1.54, 1.807) is 19.2 Å². The highest BCUT2D eigenvalue weighted by atomic mass is 35.5. The van der Waals surface area contributed by atoms with Crippen LogP contribution < -0.4 is 5.73 Å². The Kier molecular flexibility index (Phi) is 5.19. The molecule has 0 aliphatic carbocycles. The lowest BCUT2D eigenvalue weighted by molar-refractivity contribution is 0.174. The van der Waals surface area contributed by atoms with Crippen molar-refractivity contribution in [3.8, 4) is 0 Å². The predicted molar refractivity (Wildman–Crippen MR) is 64.0 cm³/mol. The molecule has 16 heavy (non-hydrogen) atoms. The molecule has 0 radical (unpaired) electrons. The van der Waals surface area contributed by atoms with Crippen LogP contribution in [-0.4, -0.2) is 13.7 Å². The van der Waals surface area contributed by atoms with E-state index in [-0.39, 0.29) is 11.7 Å². The van der Waals surface area contributed by atoms with E-state index in [9.17, 15) is 4.39 Å². The number of ether oxygens (including phenoxy) is 1. The fourth-order valence-corrected chi connectivity index (χ4v) is 1.89. The van der Waals surface area contributed by atoms with Gasteiger partial charge in [-0.05, 0) is 24.5 Å². The monoisotopic (exact) mass is 245 g/mol. The molecule has 2 unspecified atom stereocenters. The Morgan fingerprint density at radius 1 is 1.50 bits per heavy atom. The third kappa shape index (κ3) is 3.17. The van der Waals surface area contributed by atoms with Gasteiger partial charge in [-0.25, -0.2) is 4.39 Å². The molecule has 2 N–H and O–H groups in total. The number of benzene rings is 1. The van der Waals surface area contributed by atoms with Crippen molar-refractivity contribution >= 4 is 11.6 Å². The van der Waals surface area contributed by atoms with Crippen LogP contribution in [0.25, 0.3) is 0 Å². The Morgan fingerprint density at radius 2 is 2.19 bits per heavy atom. The van der Waals surface area contributed by atoms with Crippen molar-refractivity contribution in [1.29, 1.82) is 0 Å². The number of hydrogen-bond acceptors (Lipinski definition) is 2. The van der Waals surface area contributed by atoms with Crippen LogP contribution in [-0.2, 0) is 4.74 Å². The second kappa shape index (κ2) is 6.18. The van der Waals surface area contributed by atoms with Gasteiger partial charge in [-0.1, -0.05) is 24.6 Å². The third-order valence-electron chi connectivity index (χ3n) is 2.72. The lowest BCUT2D eigenvalue weighted by atomic mass is 9.92. The molecule has 0 amide bonds. The Balaban J connectivity index is 2.82. The lowest BCUT2D eigenvalue weighted by Crippen LogP contribution is -2.22. The van der Waals surface area contributed by atoms with Crippen molar-refractivity contribution in [2.24, 2.45) is 11.7 Å². The summed E-state index contributed by atoms with van der Waals surface area (Å²) >= 11 is 5.95. The summed E-state index contributed by atoms with van der Waals surface area (Å²) in [5, 5.41) is 0.386. The zero-order valence-electron chi connectivity index (χ0n) is 9.54. The average Bonchev–Trinajstić information content (AvgIpc) is 2.25. The Hall–Kier alpha value is -0.640. The topological polar surface area (TPSA) is 35.2 Å². The number of hydrogen-bond donors (Lipinski definition) is 1. The van der Waals surface area contributed by atoms with Gasteiger partial charge in [-0.3, -0.25) is 0 Å². The number of rotatable bonds is 5. The smallest absolute Gasteiger partial charge is 0.129 e. The minimum Gasteiger partial charge on any atom is -0.385 e. The number of halogens is 2. The first-order chi connectivity index (χ1) is 7.57. The lowest BCUT2D eigenvalue weighted by Gasteiger charge is -2.21. The molecule has 1 rings (SSSR count). The van der Waals surface area contributed by atoms with Crippen LogP contribution >= 0.6 is 11.6 Å². The molecule has 2 nitrogen and oxygen atoms in total. The molecule has 0 aliphatic heterocycles. The van der Waals surface area contributed by atoms with Crippen molar-refractivity contribution < 1.29 is 9.13 Å². The molecular weight excluding hydrogens is 229 g/mol. The normalized spacial score (nSPS) is 14.8. The van der Waals surface area contributed by atoms with Crippen LogP contribution in [0.5, 0.6) is 0 Å². The van der Waals surface area contributed by atoms with Crippen molar-refractivity contribution in [1.82, 2.24) is 0 Å². The van der Waals surface area contributed by atoms with E-state index >= 15 is 0 Å². The first-order valence-electron chi connectivity index (χ1n) is 5.26. The molecule has 2 atom stereocenters. The summed E-state index contributed by atoms with van der Waals surface area (Å²) in [6, 6.07) is 4.21. The van der Waals surface area contributed by atoms with E-state index in [1.807, 2.05) is 6.92 Å². The zero-order valence-corrected chi connectivity index (χ0v) is 10.3. The Morgan fingerprint density at radius 3 is 2.75 bits per heavy atom. The molecule has 0 saturated carbocycles. The summed E-state index contributed by atoms with van der Waals surface area (Å²) in [6.45, 7) is 2.58. The second-order valence-corrected chi connectivity index (χ2v) is 4.33. The molecule has 0 aromatic heterocycles. The van der Waals surface area contributed by atoms with Gasteiger partial charge in [0.05, 0.1) is 0 Å². The fraction of sp³-hybridized carbons (Fsp3) is 0.500. The molecule has 0 bridgehead atoms. The quantitative estimate of drug-likeness (QED) is 0.865. The third-order valence-corrected chi connectivity index (χ3v) is 3.05. The maximum atomic E-state index is 13.6. The maximum Gasteiger partial charge on any atom is 0.129 e. The van der Waals surface area contributed by atoms with E-state index in [1.165, 1.54) is 6.07 Å². The van der Waals surface area contributed by atoms with Crippen LogP contribution in [0.4, 0.5) is 4.39 Å². The summed E-state index contributed by atoms with van der Waals surface area (Å²) in [7, 11) is 1.63. The first-order valence-corrected chi connectivity index (χ1v) is 5.64. The van der Waals surface area contributed by atoms with Gasteiger partial charge in [0.15, 0.2) is 0 Å². The zero-order chi connectivity index (χ0) is 12.1. The van der Waals surface area contributed by atoms with E-state index in [2.05, 4.69) is 0 Å². The van der Waals surface area contributed by atoms with Gasteiger partial charge >= 0.3 is 0 Å². The molecule has 1 aromatic rings. The van der Waals surface area contributed by atoms with Crippen molar-refractivity contribution in [2.75, 3.05) is 13.7 Å². The molecular formula is C12H17ClFNO. The van der Waals surface area contributed by atoms with Gasteiger partial charge in [-0.2, -0.15) is 0 Å². The maximum absolute atomic E-state index is 13.6. The largest absolute Gasteiger partial charge is 0.385 e. The van der Waals surface area contributed by atoms with Gasteiger partial charge in [0.25, 0.3) is 0 Å². The molecule has 0 aliphatic rings. The molecule has 0 fully saturated rings. The average molecular weight is 246 g/mol. The molecule has 0 spiro atoms. The van der Waals surface area contributed by atoms with Crippen LogP contribution in [0.2, 0.25) is 5.02 Å².